The summed E-state index contributed by atoms with van der Waals surface area (Å²) in [5.41, 5.74) is 0.967. The summed E-state index contributed by atoms with van der Waals surface area (Å²) in [6.45, 7) is 3.40. The minimum atomic E-state index is -2.07. The first-order valence-electron chi connectivity index (χ1n) is 5.61. The number of carbonyl (C=O) groups excluding carboxylic acids is 1. The molecule has 106 valence electrons. The average Bonchev–Trinajstić information content (AvgIpc) is 2.80. The van der Waals surface area contributed by atoms with Crippen LogP contribution in [0.4, 0.5) is 4.39 Å². The van der Waals surface area contributed by atoms with E-state index >= 15 is 0 Å². The van der Waals surface area contributed by atoms with Gasteiger partial charge in [-0.3, -0.25) is 9.63 Å². The third-order valence-electron chi connectivity index (χ3n) is 2.58. The van der Waals surface area contributed by atoms with Crippen molar-refractivity contribution >= 4 is 23.3 Å². The number of hydrogen-bond donors (Lipinski definition) is 1. The monoisotopic (exact) mass is 288 g/mol. The van der Waals surface area contributed by atoms with Gasteiger partial charge in [-0.2, -0.15) is 0 Å². The van der Waals surface area contributed by atoms with Gasteiger partial charge in [-0.15, -0.1) is 11.3 Å². The number of thiazole rings is 1. The number of aliphatic hydroxyl groups excluding tert-OH is 1. The number of alkyl halides is 1. The summed E-state index contributed by atoms with van der Waals surface area (Å²) < 4.78 is 13.8. The fraction of sp³-hybridized carbons (Fsp3) is 0.500. The first-order chi connectivity index (χ1) is 8.86. The van der Waals surface area contributed by atoms with E-state index in [1.54, 1.807) is 18.4 Å². The van der Waals surface area contributed by atoms with E-state index < -0.39 is 18.2 Å². The Morgan fingerprint density at radius 1 is 1.68 bits per heavy atom. The van der Waals surface area contributed by atoms with Gasteiger partial charge >= 0.3 is 0 Å². The predicted octanol–water partition coefficient (Wildman–Crippen LogP) is 1.57. The Morgan fingerprint density at radius 3 is 2.79 bits per heavy atom. The third-order valence-corrected chi connectivity index (χ3v) is 3.37. The number of aliphatic hydroxyl groups is 1. The van der Waals surface area contributed by atoms with Crippen molar-refractivity contribution in [2.24, 2.45) is 0 Å². The lowest BCUT2D eigenvalue weighted by atomic mass is 10.1. The molecule has 0 radical (unpaired) electrons. The standard InChI is InChI=1S/C12H17FN2O3S/c1-7(5-9-6-19-8(2)14-9)11(16)10(13)12(17)15(3)18-4/h5-6,10-11,16H,1-4H3/b7-5+/t10?,11-/m0/s1. The summed E-state index contributed by atoms with van der Waals surface area (Å²) in [6.07, 6.45) is -2.03. The summed E-state index contributed by atoms with van der Waals surface area (Å²) in [5.74, 6) is -0.933. The van der Waals surface area contributed by atoms with Gasteiger partial charge in [0.25, 0.3) is 5.91 Å². The van der Waals surface area contributed by atoms with Crippen LogP contribution in [0.2, 0.25) is 0 Å². The highest BCUT2D eigenvalue weighted by Crippen LogP contribution is 2.17. The van der Waals surface area contributed by atoms with E-state index in [2.05, 4.69) is 9.82 Å². The number of halogens is 1. The van der Waals surface area contributed by atoms with Gasteiger partial charge < -0.3 is 5.11 Å². The summed E-state index contributed by atoms with van der Waals surface area (Å²) in [7, 11) is 2.53. The van der Waals surface area contributed by atoms with Crippen molar-refractivity contribution in [2.75, 3.05) is 14.2 Å². The van der Waals surface area contributed by atoms with Crippen molar-refractivity contribution in [3.05, 3.63) is 21.7 Å². The molecule has 0 saturated heterocycles. The van der Waals surface area contributed by atoms with Crippen LogP contribution in [0, 0.1) is 6.92 Å². The molecule has 0 aliphatic rings. The van der Waals surface area contributed by atoms with Gasteiger partial charge in [0.05, 0.1) is 17.8 Å². The van der Waals surface area contributed by atoms with E-state index in [-0.39, 0.29) is 0 Å². The molecule has 1 heterocycles. The molecule has 0 aromatic carbocycles. The lowest BCUT2D eigenvalue weighted by Crippen LogP contribution is -2.40. The molecule has 2 atom stereocenters. The lowest BCUT2D eigenvalue weighted by Gasteiger charge is -2.20. The van der Waals surface area contributed by atoms with E-state index in [1.807, 2.05) is 6.92 Å². The maximum atomic E-state index is 13.8. The Bertz CT molecular complexity index is 475. The zero-order valence-corrected chi connectivity index (χ0v) is 12.1. The number of aryl methyl sites for hydroxylation is 1. The zero-order chi connectivity index (χ0) is 14.6. The Balaban J connectivity index is 2.78. The highest BCUT2D eigenvalue weighted by atomic mass is 32.1. The smallest absolute Gasteiger partial charge is 0.283 e. The molecule has 5 nitrogen and oxygen atoms in total. The van der Waals surface area contributed by atoms with Crippen molar-refractivity contribution in [3.63, 3.8) is 0 Å². The number of rotatable bonds is 5. The molecule has 0 spiro atoms. The Kier molecular flexibility index (Phi) is 5.59. The molecule has 1 N–H and O–H groups in total. The maximum absolute atomic E-state index is 13.8. The molecule has 0 aliphatic heterocycles. The van der Waals surface area contributed by atoms with Gasteiger partial charge in [-0.25, -0.2) is 14.4 Å². The molecule has 1 rings (SSSR count). The number of amides is 1. The fourth-order valence-corrected chi connectivity index (χ4v) is 1.96. The quantitative estimate of drug-likeness (QED) is 0.836. The molecule has 0 fully saturated rings. The van der Waals surface area contributed by atoms with Crippen LogP contribution < -0.4 is 0 Å². The van der Waals surface area contributed by atoms with E-state index in [4.69, 9.17) is 0 Å². The maximum Gasteiger partial charge on any atom is 0.283 e. The fourth-order valence-electron chi connectivity index (χ4n) is 1.39. The second-order valence-corrected chi connectivity index (χ2v) is 5.11. The van der Waals surface area contributed by atoms with Crippen molar-refractivity contribution in [1.82, 2.24) is 10.0 Å². The number of hydrogen-bond acceptors (Lipinski definition) is 5. The van der Waals surface area contributed by atoms with Crippen LogP contribution in [0.5, 0.6) is 0 Å². The summed E-state index contributed by atoms with van der Waals surface area (Å²) in [6, 6.07) is 0. The molecule has 1 amide bonds. The van der Waals surface area contributed by atoms with Crippen molar-refractivity contribution < 1.29 is 19.1 Å². The van der Waals surface area contributed by atoms with Gasteiger partial charge in [0, 0.05) is 12.4 Å². The van der Waals surface area contributed by atoms with Crippen LogP contribution in [0.15, 0.2) is 11.0 Å². The molecular weight excluding hydrogens is 271 g/mol. The first kappa shape index (κ1) is 15.7. The Labute approximate surface area is 115 Å². The largest absolute Gasteiger partial charge is 0.385 e. The van der Waals surface area contributed by atoms with Gasteiger partial charge in [0.2, 0.25) is 6.17 Å². The van der Waals surface area contributed by atoms with Gasteiger partial charge in [0.15, 0.2) is 0 Å². The highest BCUT2D eigenvalue weighted by Gasteiger charge is 2.30. The van der Waals surface area contributed by atoms with E-state index in [9.17, 15) is 14.3 Å². The molecular formula is C12H17FN2O3S. The van der Waals surface area contributed by atoms with Crippen LogP contribution in [0.3, 0.4) is 0 Å². The number of nitrogens with zero attached hydrogens (tertiary/aromatic N) is 2. The minimum Gasteiger partial charge on any atom is -0.385 e. The van der Waals surface area contributed by atoms with Crippen LogP contribution in [0.1, 0.15) is 17.6 Å². The molecule has 7 heteroatoms. The first-order valence-corrected chi connectivity index (χ1v) is 6.49. The summed E-state index contributed by atoms with van der Waals surface area (Å²) in [4.78, 5) is 20.3. The molecule has 0 bridgehead atoms. The summed E-state index contributed by atoms with van der Waals surface area (Å²) >= 11 is 1.46. The second kappa shape index (κ2) is 6.74. The van der Waals surface area contributed by atoms with Crippen molar-refractivity contribution in [3.8, 4) is 0 Å². The van der Waals surface area contributed by atoms with Crippen LogP contribution in [-0.2, 0) is 9.63 Å². The molecule has 19 heavy (non-hydrogen) atoms. The normalized spacial score (nSPS) is 15.2. The van der Waals surface area contributed by atoms with Gasteiger partial charge in [0.1, 0.15) is 6.10 Å². The lowest BCUT2D eigenvalue weighted by molar-refractivity contribution is -0.177. The Hall–Kier alpha value is -1.31. The average molecular weight is 288 g/mol. The van der Waals surface area contributed by atoms with Gasteiger partial charge in [-0.1, -0.05) is 0 Å². The topological polar surface area (TPSA) is 62.7 Å². The number of hydroxylamine groups is 2. The number of aromatic nitrogens is 1. The number of carbonyl (C=O) groups is 1. The molecule has 1 unspecified atom stereocenters. The van der Waals surface area contributed by atoms with Crippen LogP contribution >= 0.6 is 11.3 Å². The minimum absolute atomic E-state index is 0.329. The molecule has 0 aliphatic carbocycles. The molecule has 1 aromatic rings. The zero-order valence-electron chi connectivity index (χ0n) is 11.3. The van der Waals surface area contributed by atoms with Crippen molar-refractivity contribution in [1.29, 1.82) is 0 Å². The third kappa shape index (κ3) is 4.09. The van der Waals surface area contributed by atoms with Gasteiger partial charge in [-0.05, 0) is 25.5 Å². The SMILES string of the molecule is CON(C)C(=O)C(F)[C@@H](O)/C(C)=C/c1csc(C)n1. The van der Waals surface area contributed by atoms with Crippen molar-refractivity contribution in [2.45, 2.75) is 26.1 Å². The van der Waals surface area contributed by atoms with E-state index in [0.29, 0.717) is 11.3 Å². The predicted molar refractivity (Wildman–Crippen MR) is 71.2 cm³/mol. The highest BCUT2D eigenvalue weighted by molar-refractivity contribution is 7.09. The molecule has 1 aromatic heterocycles. The Morgan fingerprint density at radius 2 is 2.32 bits per heavy atom. The van der Waals surface area contributed by atoms with Crippen LogP contribution in [-0.4, -0.2) is 47.5 Å². The van der Waals surface area contributed by atoms with E-state index in [1.165, 1.54) is 25.5 Å². The van der Waals surface area contributed by atoms with E-state index in [0.717, 1.165) is 10.1 Å². The van der Waals surface area contributed by atoms with Crippen LogP contribution in [0.25, 0.3) is 6.08 Å². The second-order valence-electron chi connectivity index (χ2n) is 4.04. The molecule has 0 saturated carbocycles. The summed E-state index contributed by atoms with van der Waals surface area (Å²) in [5, 5.41) is 13.2.